The van der Waals surface area contributed by atoms with E-state index in [0.717, 1.165) is 18.7 Å². The number of aryl methyl sites for hydroxylation is 1. The molecule has 0 aliphatic carbocycles. The second-order valence-corrected chi connectivity index (χ2v) is 5.61. The van der Waals surface area contributed by atoms with Crippen molar-refractivity contribution in [2.75, 3.05) is 13.2 Å². The van der Waals surface area contributed by atoms with E-state index in [0.29, 0.717) is 25.0 Å². The lowest BCUT2D eigenvalue weighted by molar-refractivity contribution is 0.300. The van der Waals surface area contributed by atoms with E-state index in [4.69, 9.17) is 10.5 Å². The lowest BCUT2D eigenvalue weighted by atomic mass is 9.93. The number of aromatic nitrogens is 2. The minimum absolute atomic E-state index is 0.363. The van der Waals surface area contributed by atoms with Crippen molar-refractivity contribution < 1.29 is 4.74 Å². The van der Waals surface area contributed by atoms with Crippen LogP contribution in [0.1, 0.15) is 31.9 Å². The van der Waals surface area contributed by atoms with E-state index < -0.39 is 0 Å². The number of nitrogens with zero attached hydrogens (tertiary/aromatic N) is 2. The van der Waals surface area contributed by atoms with Crippen LogP contribution in [0.4, 0.5) is 0 Å². The Balaban J connectivity index is 1.85. The van der Waals surface area contributed by atoms with Gasteiger partial charge >= 0.3 is 0 Å². The normalized spacial score (nSPS) is 12.6. The fraction of sp³-hybridized carbons (Fsp3) is 0.471. The molecule has 0 bridgehead atoms. The van der Waals surface area contributed by atoms with E-state index in [1.165, 1.54) is 5.69 Å². The van der Waals surface area contributed by atoms with Crippen LogP contribution in [0.25, 0.3) is 0 Å². The molecular formula is C17H25N3O. The molecule has 114 valence electrons. The van der Waals surface area contributed by atoms with Crippen LogP contribution in [0, 0.1) is 5.92 Å². The molecule has 1 heterocycles. The van der Waals surface area contributed by atoms with E-state index in [9.17, 15) is 0 Å². The SMILES string of the molecule is CC(C)C(CN)c1cncn1CCCOc1ccccc1. The van der Waals surface area contributed by atoms with E-state index in [1.54, 1.807) is 0 Å². The van der Waals surface area contributed by atoms with Gasteiger partial charge in [-0.25, -0.2) is 4.98 Å². The molecule has 0 aliphatic rings. The molecule has 2 aromatic rings. The average Bonchev–Trinajstić information content (AvgIpc) is 2.93. The zero-order valence-electron chi connectivity index (χ0n) is 12.9. The summed E-state index contributed by atoms with van der Waals surface area (Å²) in [6, 6.07) is 9.91. The lowest BCUT2D eigenvalue weighted by Crippen LogP contribution is -2.21. The molecule has 1 atom stereocenters. The number of imidazole rings is 1. The molecule has 21 heavy (non-hydrogen) atoms. The highest BCUT2D eigenvalue weighted by Gasteiger charge is 2.17. The number of rotatable bonds is 8. The Bertz CT molecular complexity index is 522. The molecule has 0 spiro atoms. The molecular weight excluding hydrogens is 262 g/mol. The van der Waals surface area contributed by atoms with Gasteiger partial charge in [0, 0.05) is 30.9 Å². The monoisotopic (exact) mass is 287 g/mol. The van der Waals surface area contributed by atoms with Gasteiger partial charge in [-0.1, -0.05) is 32.0 Å². The van der Waals surface area contributed by atoms with Crippen LogP contribution in [-0.2, 0) is 6.54 Å². The molecule has 1 aromatic carbocycles. The smallest absolute Gasteiger partial charge is 0.119 e. The quantitative estimate of drug-likeness (QED) is 0.759. The van der Waals surface area contributed by atoms with Crippen molar-refractivity contribution in [3.63, 3.8) is 0 Å². The van der Waals surface area contributed by atoms with Gasteiger partial charge in [-0.05, 0) is 24.5 Å². The highest BCUT2D eigenvalue weighted by molar-refractivity contribution is 5.20. The number of ether oxygens (including phenoxy) is 1. The minimum atomic E-state index is 0.363. The van der Waals surface area contributed by atoms with E-state index >= 15 is 0 Å². The summed E-state index contributed by atoms with van der Waals surface area (Å²) >= 11 is 0. The third-order valence-corrected chi connectivity index (χ3v) is 3.74. The summed E-state index contributed by atoms with van der Waals surface area (Å²) in [7, 11) is 0. The molecule has 0 fully saturated rings. The van der Waals surface area contributed by atoms with Crippen LogP contribution in [0.5, 0.6) is 5.75 Å². The van der Waals surface area contributed by atoms with E-state index in [1.807, 2.05) is 42.9 Å². The fourth-order valence-electron chi connectivity index (χ4n) is 2.50. The van der Waals surface area contributed by atoms with Crippen LogP contribution >= 0.6 is 0 Å². The molecule has 0 saturated heterocycles. The van der Waals surface area contributed by atoms with Crippen molar-refractivity contribution in [2.24, 2.45) is 11.7 Å². The van der Waals surface area contributed by atoms with Crippen LogP contribution in [0.2, 0.25) is 0 Å². The van der Waals surface area contributed by atoms with Gasteiger partial charge in [-0.3, -0.25) is 0 Å². The Morgan fingerprint density at radius 2 is 2.00 bits per heavy atom. The van der Waals surface area contributed by atoms with E-state index in [-0.39, 0.29) is 0 Å². The van der Waals surface area contributed by atoms with Crippen LogP contribution in [0.3, 0.4) is 0 Å². The molecule has 4 heteroatoms. The molecule has 2 N–H and O–H groups in total. The zero-order valence-corrected chi connectivity index (χ0v) is 12.9. The van der Waals surface area contributed by atoms with Crippen molar-refractivity contribution in [2.45, 2.75) is 32.7 Å². The highest BCUT2D eigenvalue weighted by atomic mass is 16.5. The minimum Gasteiger partial charge on any atom is -0.494 e. The zero-order chi connectivity index (χ0) is 15.1. The second kappa shape index (κ2) is 7.84. The highest BCUT2D eigenvalue weighted by Crippen LogP contribution is 2.23. The van der Waals surface area contributed by atoms with Gasteiger partial charge in [0.25, 0.3) is 0 Å². The molecule has 0 saturated carbocycles. The van der Waals surface area contributed by atoms with Gasteiger partial charge in [-0.15, -0.1) is 0 Å². The summed E-state index contributed by atoms with van der Waals surface area (Å²) in [5.41, 5.74) is 7.13. The Kier molecular flexibility index (Phi) is 5.81. The van der Waals surface area contributed by atoms with Crippen LogP contribution < -0.4 is 10.5 Å². The first-order valence-corrected chi connectivity index (χ1v) is 7.60. The van der Waals surface area contributed by atoms with Gasteiger partial charge in [-0.2, -0.15) is 0 Å². The van der Waals surface area contributed by atoms with Crippen molar-refractivity contribution >= 4 is 0 Å². The van der Waals surface area contributed by atoms with Crippen LogP contribution in [-0.4, -0.2) is 22.7 Å². The van der Waals surface area contributed by atoms with Crippen molar-refractivity contribution in [1.82, 2.24) is 9.55 Å². The maximum absolute atomic E-state index is 5.90. The van der Waals surface area contributed by atoms with Crippen LogP contribution in [0.15, 0.2) is 42.9 Å². The van der Waals surface area contributed by atoms with Gasteiger partial charge in [0.2, 0.25) is 0 Å². The number of hydrogen-bond donors (Lipinski definition) is 1. The Labute approximate surface area is 127 Å². The van der Waals surface area contributed by atoms with E-state index in [2.05, 4.69) is 23.4 Å². The summed E-state index contributed by atoms with van der Waals surface area (Å²) in [5.74, 6) is 1.80. The summed E-state index contributed by atoms with van der Waals surface area (Å²) < 4.78 is 7.92. The molecule has 0 aliphatic heterocycles. The summed E-state index contributed by atoms with van der Waals surface area (Å²) in [6.45, 7) is 6.67. The predicted octanol–water partition coefficient (Wildman–Crippen LogP) is 3.05. The molecule has 2 rings (SSSR count). The maximum atomic E-state index is 5.90. The molecule has 4 nitrogen and oxygen atoms in total. The third kappa shape index (κ3) is 4.33. The Morgan fingerprint density at radius 3 is 2.67 bits per heavy atom. The summed E-state index contributed by atoms with van der Waals surface area (Å²) in [5, 5.41) is 0. The van der Waals surface area contributed by atoms with Gasteiger partial charge in [0.1, 0.15) is 5.75 Å². The Hall–Kier alpha value is -1.81. The fourth-order valence-corrected chi connectivity index (χ4v) is 2.50. The van der Waals surface area contributed by atoms with Gasteiger partial charge in [0.05, 0.1) is 12.9 Å². The molecule has 1 unspecified atom stereocenters. The standard InChI is InChI=1S/C17H25N3O/c1-14(2)16(11-18)17-12-19-13-20(17)9-6-10-21-15-7-4-3-5-8-15/h3-5,7-8,12-14,16H,6,9-11,18H2,1-2H3. The van der Waals surface area contributed by atoms with Crippen molar-refractivity contribution in [3.05, 3.63) is 48.5 Å². The van der Waals surface area contributed by atoms with Gasteiger partial charge in [0.15, 0.2) is 0 Å². The number of para-hydroxylation sites is 1. The van der Waals surface area contributed by atoms with Crippen molar-refractivity contribution in [1.29, 1.82) is 0 Å². The second-order valence-electron chi connectivity index (χ2n) is 5.61. The topological polar surface area (TPSA) is 53.1 Å². The molecule has 0 amide bonds. The maximum Gasteiger partial charge on any atom is 0.119 e. The summed E-state index contributed by atoms with van der Waals surface area (Å²) in [4.78, 5) is 4.28. The number of hydrogen-bond acceptors (Lipinski definition) is 3. The van der Waals surface area contributed by atoms with Gasteiger partial charge < -0.3 is 15.0 Å². The summed E-state index contributed by atoms with van der Waals surface area (Å²) in [6.07, 6.45) is 4.78. The first kappa shape index (κ1) is 15.6. The largest absolute Gasteiger partial charge is 0.494 e. The number of nitrogens with two attached hydrogens (primary N) is 1. The lowest BCUT2D eigenvalue weighted by Gasteiger charge is -2.20. The first-order chi connectivity index (χ1) is 10.2. The van der Waals surface area contributed by atoms with Crippen molar-refractivity contribution in [3.8, 4) is 5.75 Å². The average molecular weight is 287 g/mol. The third-order valence-electron chi connectivity index (χ3n) is 3.74. The molecule has 0 radical (unpaired) electrons. The first-order valence-electron chi connectivity index (χ1n) is 7.60. The number of benzene rings is 1. The molecule has 1 aromatic heterocycles. The Morgan fingerprint density at radius 1 is 1.24 bits per heavy atom. The predicted molar refractivity (Wildman–Crippen MR) is 85.4 cm³/mol.